The third kappa shape index (κ3) is 3.11. The molecule has 2 rings (SSSR count). The van der Waals surface area contributed by atoms with Crippen molar-refractivity contribution in [2.75, 3.05) is 5.32 Å². The second-order valence-corrected chi connectivity index (χ2v) is 5.24. The summed E-state index contributed by atoms with van der Waals surface area (Å²) in [4.78, 5) is 23.9. The number of aryl methyl sites for hydroxylation is 2. The lowest BCUT2D eigenvalue weighted by molar-refractivity contribution is -0.126. The number of hydrogen-bond donors (Lipinski definition) is 2. The molecule has 1 heterocycles. The number of carbonyl (C=O) groups is 2. The summed E-state index contributed by atoms with van der Waals surface area (Å²) in [6, 6.07) is 7.62. The Morgan fingerprint density at radius 3 is 2.67 bits per heavy atom. The molecule has 1 atom stereocenters. The van der Waals surface area contributed by atoms with Crippen LogP contribution in [0.25, 0.3) is 0 Å². The molecule has 2 amide bonds. The fraction of sp³-hybridized carbons (Fsp3) is 0.312. The van der Waals surface area contributed by atoms with Gasteiger partial charge in [-0.15, -0.1) is 0 Å². The van der Waals surface area contributed by atoms with Crippen LogP contribution in [0.1, 0.15) is 24.5 Å². The monoisotopic (exact) mass is 283 g/mol. The van der Waals surface area contributed by atoms with Gasteiger partial charge in [0.25, 0.3) is 0 Å². The van der Waals surface area contributed by atoms with Gasteiger partial charge in [-0.3, -0.25) is 9.59 Å². The second kappa shape index (κ2) is 5.80. The van der Waals surface area contributed by atoms with Gasteiger partial charge < -0.3 is 10.6 Å². The molecule has 0 saturated carbocycles. The highest BCUT2D eigenvalue weighted by molar-refractivity contribution is 5.99. The largest absolute Gasteiger partial charge is 0.329 e. The molecule has 0 spiro atoms. The lowest BCUT2D eigenvalue weighted by atomic mass is 9.90. The van der Waals surface area contributed by atoms with E-state index in [2.05, 4.69) is 10.6 Å². The molecule has 1 aliphatic heterocycles. The zero-order chi connectivity index (χ0) is 15.6. The van der Waals surface area contributed by atoms with Crippen molar-refractivity contribution in [3.05, 3.63) is 40.6 Å². The normalized spacial score (nSPS) is 18.0. The molecule has 21 heavy (non-hydrogen) atoms. The van der Waals surface area contributed by atoms with Crippen LogP contribution in [0, 0.1) is 31.1 Å². The van der Waals surface area contributed by atoms with Gasteiger partial charge in [0.1, 0.15) is 0 Å². The van der Waals surface area contributed by atoms with Crippen molar-refractivity contribution >= 4 is 17.5 Å². The summed E-state index contributed by atoms with van der Waals surface area (Å²) >= 11 is 0. The van der Waals surface area contributed by atoms with Crippen LogP contribution in [-0.4, -0.2) is 11.8 Å². The maximum absolute atomic E-state index is 12.3. The van der Waals surface area contributed by atoms with Gasteiger partial charge in [-0.2, -0.15) is 5.26 Å². The molecule has 0 aliphatic carbocycles. The van der Waals surface area contributed by atoms with E-state index in [1.807, 2.05) is 38.1 Å². The summed E-state index contributed by atoms with van der Waals surface area (Å²) in [5.41, 5.74) is 3.65. The fourth-order valence-electron chi connectivity index (χ4n) is 2.31. The van der Waals surface area contributed by atoms with Crippen molar-refractivity contribution in [1.82, 2.24) is 5.32 Å². The number of carbonyl (C=O) groups excluding carboxylic acids is 2. The number of nitrogens with one attached hydrogen (secondary N) is 2. The average molecular weight is 283 g/mol. The van der Waals surface area contributed by atoms with Gasteiger partial charge in [-0.1, -0.05) is 6.07 Å². The number of nitriles is 1. The second-order valence-electron chi connectivity index (χ2n) is 5.24. The topological polar surface area (TPSA) is 82.0 Å². The molecule has 0 radical (unpaired) electrons. The van der Waals surface area contributed by atoms with Crippen LogP contribution in [0.4, 0.5) is 5.69 Å². The predicted molar refractivity (Wildman–Crippen MR) is 79.1 cm³/mol. The highest BCUT2D eigenvalue weighted by Gasteiger charge is 2.31. The van der Waals surface area contributed by atoms with Crippen molar-refractivity contribution in [3.8, 4) is 6.07 Å². The van der Waals surface area contributed by atoms with Crippen LogP contribution in [0.15, 0.2) is 29.5 Å². The first-order valence-electron chi connectivity index (χ1n) is 6.71. The molecule has 0 fully saturated rings. The molecular weight excluding hydrogens is 266 g/mol. The molecule has 2 N–H and O–H groups in total. The van der Waals surface area contributed by atoms with Crippen LogP contribution < -0.4 is 10.6 Å². The third-order valence-electron chi connectivity index (χ3n) is 3.68. The van der Waals surface area contributed by atoms with E-state index in [9.17, 15) is 14.9 Å². The minimum absolute atomic E-state index is 0.00307. The Balaban J connectivity index is 2.23. The number of anilines is 1. The summed E-state index contributed by atoms with van der Waals surface area (Å²) in [5.74, 6) is -1.30. The number of rotatable bonds is 2. The van der Waals surface area contributed by atoms with E-state index in [4.69, 9.17) is 0 Å². The molecular formula is C16H17N3O2. The van der Waals surface area contributed by atoms with E-state index in [0.717, 1.165) is 11.1 Å². The molecule has 1 aliphatic rings. The average Bonchev–Trinajstić information content (AvgIpc) is 2.42. The highest BCUT2D eigenvalue weighted by atomic mass is 16.2. The maximum Gasteiger partial charge on any atom is 0.233 e. The van der Waals surface area contributed by atoms with Gasteiger partial charge in [0.05, 0.1) is 17.6 Å². The van der Waals surface area contributed by atoms with E-state index in [1.54, 1.807) is 6.92 Å². The van der Waals surface area contributed by atoms with Crippen molar-refractivity contribution in [2.45, 2.75) is 27.2 Å². The van der Waals surface area contributed by atoms with Crippen molar-refractivity contribution in [2.24, 2.45) is 5.92 Å². The zero-order valence-electron chi connectivity index (χ0n) is 12.3. The number of amides is 2. The Hall–Kier alpha value is -2.61. The number of nitrogens with zero attached hydrogens (tertiary/aromatic N) is 1. The van der Waals surface area contributed by atoms with Gasteiger partial charge in [0.2, 0.25) is 11.8 Å². The van der Waals surface area contributed by atoms with Crippen molar-refractivity contribution in [3.63, 3.8) is 0 Å². The van der Waals surface area contributed by atoms with E-state index >= 15 is 0 Å². The van der Waals surface area contributed by atoms with Gasteiger partial charge in [-0.05, 0) is 44.0 Å². The van der Waals surface area contributed by atoms with Crippen LogP contribution in [0.3, 0.4) is 0 Å². The molecule has 1 aromatic carbocycles. The predicted octanol–water partition coefficient (Wildman–Crippen LogP) is 2.18. The first-order chi connectivity index (χ1) is 9.92. The maximum atomic E-state index is 12.3. The van der Waals surface area contributed by atoms with Crippen molar-refractivity contribution < 1.29 is 9.59 Å². The van der Waals surface area contributed by atoms with E-state index in [1.165, 1.54) is 0 Å². The standard InChI is InChI=1S/C16H17N3O2/c1-9-4-5-12(6-10(9)2)19-16(21)13-7-15(20)18-11(3)14(13)8-17/h4-6,13H,7H2,1-3H3,(H,18,20)(H,19,21)/t13-/m0/s1. The van der Waals surface area contributed by atoms with Crippen LogP contribution >= 0.6 is 0 Å². The fourth-order valence-corrected chi connectivity index (χ4v) is 2.31. The van der Waals surface area contributed by atoms with Gasteiger partial charge in [0, 0.05) is 17.8 Å². The summed E-state index contributed by atoms with van der Waals surface area (Å²) in [6.45, 7) is 5.59. The smallest absolute Gasteiger partial charge is 0.233 e. The molecule has 5 heteroatoms. The molecule has 108 valence electrons. The zero-order valence-corrected chi connectivity index (χ0v) is 12.3. The lowest BCUT2D eigenvalue weighted by Crippen LogP contribution is -2.37. The first kappa shape index (κ1) is 14.8. The SMILES string of the molecule is CC1=C(C#N)[C@@H](C(=O)Nc2ccc(C)c(C)c2)CC(=O)N1. The quantitative estimate of drug-likeness (QED) is 0.872. The number of hydrogen-bond acceptors (Lipinski definition) is 3. The Morgan fingerprint density at radius 1 is 1.33 bits per heavy atom. The van der Waals surface area contributed by atoms with E-state index in [-0.39, 0.29) is 18.2 Å². The molecule has 1 aromatic rings. The Bertz CT molecular complexity index is 683. The van der Waals surface area contributed by atoms with Gasteiger partial charge in [0.15, 0.2) is 0 Å². The molecule has 0 bridgehead atoms. The third-order valence-corrected chi connectivity index (χ3v) is 3.68. The Kier molecular flexibility index (Phi) is 4.08. The van der Waals surface area contributed by atoms with Gasteiger partial charge >= 0.3 is 0 Å². The minimum Gasteiger partial charge on any atom is -0.329 e. The summed E-state index contributed by atoms with van der Waals surface area (Å²) < 4.78 is 0. The van der Waals surface area contributed by atoms with Crippen LogP contribution in [-0.2, 0) is 9.59 Å². The Labute approximate surface area is 123 Å². The minimum atomic E-state index is -0.731. The van der Waals surface area contributed by atoms with E-state index < -0.39 is 5.92 Å². The highest BCUT2D eigenvalue weighted by Crippen LogP contribution is 2.24. The summed E-state index contributed by atoms with van der Waals surface area (Å²) in [5, 5.41) is 14.5. The molecule has 0 unspecified atom stereocenters. The molecule has 5 nitrogen and oxygen atoms in total. The first-order valence-corrected chi connectivity index (χ1v) is 6.71. The van der Waals surface area contributed by atoms with Gasteiger partial charge in [-0.25, -0.2) is 0 Å². The summed E-state index contributed by atoms with van der Waals surface area (Å²) in [7, 11) is 0. The molecule has 0 aromatic heterocycles. The van der Waals surface area contributed by atoms with Crippen LogP contribution in [0.5, 0.6) is 0 Å². The van der Waals surface area contributed by atoms with Crippen molar-refractivity contribution in [1.29, 1.82) is 5.26 Å². The lowest BCUT2D eigenvalue weighted by Gasteiger charge is -2.22. The van der Waals surface area contributed by atoms with E-state index in [0.29, 0.717) is 17.0 Å². The van der Waals surface area contributed by atoms with Crippen LogP contribution in [0.2, 0.25) is 0 Å². The Morgan fingerprint density at radius 2 is 2.05 bits per heavy atom. The molecule has 0 saturated heterocycles. The summed E-state index contributed by atoms with van der Waals surface area (Å²) in [6.07, 6.45) is -0.00307. The number of benzene rings is 1. The number of allylic oxidation sites excluding steroid dienone is 1.